The highest BCUT2D eigenvalue weighted by Crippen LogP contribution is 2.67. The van der Waals surface area contributed by atoms with Gasteiger partial charge in [-0.2, -0.15) is 0 Å². The molecule has 4 aliphatic carbocycles. The Kier molecular flexibility index (Phi) is 9.56. The third kappa shape index (κ3) is 5.34. The van der Waals surface area contributed by atoms with Crippen LogP contribution < -0.4 is 17.2 Å². The van der Waals surface area contributed by atoms with Gasteiger partial charge in [-0.3, -0.25) is 0 Å². The Labute approximate surface area is 213 Å². The Balaban J connectivity index is 1.60. The summed E-state index contributed by atoms with van der Waals surface area (Å²) in [6, 6.07) is 0. The monoisotopic (exact) mass is 495 g/mol. The van der Waals surface area contributed by atoms with E-state index in [1.54, 1.807) is 0 Å². The fourth-order valence-electron chi connectivity index (χ4n) is 8.63. The van der Waals surface area contributed by atoms with E-state index in [9.17, 15) is 5.11 Å². The molecule has 0 radical (unpaired) electrons. The molecule has 4 aliphatic rings. The number of nitrogens with two attached hydrogens (primary N) is 3. The molecule has 0 amide bonds. The quantitative estimate of drug-likeness (QED) is 0.307. The Bertz CT molecular complexity index is 668. The van der Waals surface area contributed by atoms with Gasteiger partial charge in [0, 0.05) is 25.2 Å². The maximum absolute atomic E-state index is 11.2. The predicted octanol–water partition coefficient (Wildman–Crippen LogP) is 2.81. The van der Waals surface area contributed by atoms with E-state index in [0.717, 1.165) is 71.0 Å². The van der Waals surface area contributed by atoms with Crippen molar-refractivity contribution in [3.8, 4) is 0 Å². The lowest BCUT2D eigenvalue weighted by Crippen LogP contribution is -2.63. The zero-order valence-electron chi connectivity index (χ0n) is 22.3. The van der Waals surface area contributed by atoms with E-state index in [1.165, 1.54) is 6.42 Å². The molecule has 0 bridgehead atoms. The SMILES string of the molecule is C[C@]12[C@@H](OCCCN)C[C@H]3C([C@H](OCCCN)CC4CC(OCCCN)CC[C@@]43C)[C@@H]1CC[C@@H]2O. The molecule has 7 heteroatoms. The number of ether oxygens (including phenoxy) is 3. The lowest BCUT2D eigenvalue weighted by molar-refractivity contribution is -0.230. The highest BCUT2D eigenvalue weighted by atomic mass is 16.5. The first kappa shape index (κ1) is 27.7. The van der Waals surface area contributed by atoms with Crippen molar-refractivity contribution in [2.75, 3.05) is 39.5 Å². The number of hydrogen-bond acceptors (Lipinski definition) is 7. The highest BCUT2D eigenvalue weighted by Gasteiger charge is 2.66. The van der Waals surface area contributed by atoms with Crippen molar-refractivity contribution in [2.45, 2.75) is 102 Å². The van der Waals surface area contributed by atoms with E-state index in [-0.39, 0.29) is 29.1 Å². The number of fused-ring (bicyclic) bond motifs is 5. The van der Waals surface area contributed by atoms with Gasteiger partial charge in [0.25, 0.3) is 0 Å². The zero-order valence-corrected chi connectivity index (χ0v) is 22.3. The molecule has 7 N–H and O–H groups in total. The molecule has 4 fully saturated rings. The Morgan fingerprint density at radius 2 is 1.43 bits per heavy atom. The van der Waals surface area contributed by atoms with E-state index in [0.29, 0.717) is 56.0 Å². The molecule has 0 aromatic carbocycles. The lowest BCUT2D eigenvalue weighted by Gasteiger charge is -2.64. The molecule has 7 nitrogen and oxygen atoms in total. The smallest absolute Gasteiger partial charge is 0.0659 e. The van der Waals surface area contributed by atoms with Crippen LogP contribution in [-0.4, -0.2) is 69.0 Å². The van der Waals surface area contributed by atoms with Gasteiger partial charge < -0.3 is 36.5 Å². The van der Waals surface area contributed by atoms with Gasteiger partial charge in [0.2, 0.25) is 0 Å². The normalized spacial score (nSPS) is 45.1. The molecule has 35 heavy (non-hydrogen) atoms. The van der Waals surface area contributed by atoms with Gasteiger partial charge in [-0.15, -0.1) is 0 Å². The van der Waals surface area contributed by atoms with E-state index in [4.69, 9.17) is 31.4 Å². The summed E-state index contributed by atoms with van der Waals surface area (Å²) in [5.41, 5.74) is 17.3. The summed E-state index contributed by atoms with van der Waals surface area (Å²) in [6.45, 7) is 9.01. The van der Waals surface area contributed by atoms with Gasteiger partial charge >= 0.3 is 0 Å². The standard InChI is InChI=1S/C28H53N3O4/c1-27-9-8-20(33-13-3-10-29)16-19(27)17-23(34-14-4-11-30)26-21-6-7-24(32)28(21,2)25(18-22(26)27)35-15-5-12-31/h19-26,32H,3-18,29-31H2,1-2H3/t19?,20?,21-,22-,23+,24-,25-,26?,27-,28-/m0/s1. The van der Waals surface area contributed by atoms with E-state index in [1.807, 2.05) is 0 Å². The summed E-state index contributed by atoms with van der Waals surface area (Å²) >= 11 is 0. The van der Waals surface area contributed by atoms with Gasteiger partial charge in [0.05, 0.1) is 24.4 Å². The van der Waals surface area contributed by atoms with Crippen molar-refractivity contribution < 1.29 is 19.3 Å². The second-order valence-corrected chi connectivity index (χ2v) is 12.4. The van der Waals surface area contributed by atoms with E-state index < -0.39 is 0 Å². The van der Waals surface area contributed by atoms with E-state index in [2.05, 4.69) is 13.8 Å². The Morgan fingerprint density at radius 1 is 0.771 bits per heavy atom. The molecule has 0 aliphatic heterocycles. The summed E-state index contributed by atoms with van der Waals surface area (Å²) in [7, 11) is 0. The fourth-order valence-corrected chi connectivity index (χ4v) is 8.63. The lowest BCUT2D eigenvalue weighted by atomic mass is 9.43. The fraction of sp³-hybridized carbons (Fsp3) is 1.00. The maximum atomic E-state index is 11.2. The summed E-state index contributed by atoms with van der Waals surface area (Å²) in [4.78, 5) is 0. The summed E-state index contributed by atoms with van der Waals surface area (Å²) < 4.78 is 19.5. The molecule has 0 heterocycles. The molecule has 0 aromatic heterocycles. The highest BCUT2D eigenvalue weighted by molar-refractivity contribution is 5.15. The Hall–Kier alpha value is -0.280. The van der Waals surface area contributed by atoms with Crippen molar-refractivity contribution in [3.05, 3.63) is 0 Å². The van der Waals surface area contributed by atoms with Crippen molar-refractivity contribution in [3.63, 3.8) is 0 Å². The van der Waals surface area contributed by atoms with E-state index >= 15 is 0 Å². The van der Waals surface area contributed by atoms with Crippen molar-refractivity contribution in [1.82, 2.24) is 0 Å². The van der Waals surface area contributed by atoms with Gasteiger partial charge in [0.1, 0.15) is 0 Å². The van der Waals surface area contributed by atoms with Crippen LogP contribution in [0, 0.1) is 34.5 Å². The minimum Gasteiger partial charge on any atom is -0.392 e. The van der Waals surface area contributed by atoms with Crippen LogP contribution in [-0.2, 0) is 14.2 Å². The number of aliphatic hydroxyl groups excluding tert-OH is 1. The molecule has 3 unspecified atom stereocenters. The van der Waals surface area contributed by atoms with Gasteiger partial charge in [0.15, 0.2) is 0 Å². The van der Waals surface area contributed by atoms with Crippen molar-refractivity contribution in [1.29, 1.82) is 0 Å². The minimum absolute atomic E-state index is 0.0802. The average Bonchev–Trinajstić information content (AvgIpc) is 3.15. The van der Waals surface area contributed by atoms with Gasteiger partial charge in [-0.25, -0.2) is 0 Å². The van der Waals surface area contributed by atoms with Crippen LogP contribution in [0.5, 0.6) is 0 Å². The second-order valence-electron chi connectivity index (χ2n) is 12.4. The molecule has 10 atom stereocenters. The Morgan fingerprint density at radius 3 is 2.11 bits per heavy atom. The molecule has 204 valence electrons. The largest absolute Gasteiger partial charge is 0.392 e. The van der Waals surface area contributed by atoms with Crippen molar-refractivity contribution >= 4 is 0 Å². The van der Waals surface area contributed by atoms with Crippen molar-refractivity contribution in [2.24, 2.45) is 51.7 Å². The van der Waals surface area contributed by atoms with Crippen LogP contribution in [0.2, 0.25) is 0 Å². The first-order valence-electron chi connectivity index (χ1n) is 14.5. The van der Waals surface area contributed by atoms with Gasteiger partial charge in [-0.1, -0.05) is 13.8 Å². The second kappa shape index (κ2) is 12.1. The molecular formula is C28H53N3O4. The predicted molar refractivity (Wildman–Crippen MR) is 139 cm³/mol. The topological polar surface area (TPSA) is 126 Å². The number of hydrogen-bond donors (Lipinski definition) is 4. The summed E-state index contributed by atoms with van der Waals surface area (Å²) in [6.07, 6.45) is 10.5. The average molecular weight is 496 g/mol. The molecule has 0 saturated heterocycles. The summed E-state index contributed by atoms with van der Waals surface area (Å²) in [5, 5.41) is 11.2. The van der Waals surface area contributed by atoms with Crippen LogP contribution in [0.1, 0.15) is 78.1 Å². The number of rotatable bonds is 12. The van der Waals surface area contributed by atoms with Crippen LogP contribution in [0.15, 0.2) is 0 Å². The van der Waals surface area contributed by atoms with Crippen LogP contribution in [0.4, 0.5) is 0 Å². The van der Waals surface area contributed by atoms with Crippen LogP contribution in [0.25, 0.3) is 0 Å². The zero-order chi connectivity index (χ0) is 25.1. The van der Waals surface area contributed by atoms with Crippen LogP contribution in [0.3, 0.4) is 0 Å². The first-order chi connectivity index (χ1) is 16.9. The molecular weight excluding hydrogens is 442 g/mol. The molecule has 4 saturated carbocycles. The van der Waals surface area contributed by atoms with Crippen LogP contribution >= 0.6 is 0 Å². The molecule has 0 aromatic rings. The third-order valence-corrected chi connectivity index (χ3v) is 10.7. The number of aliphatic hydroxyl groups is 1. The minimum atomic E-state index is -0.307. The molecule has 4 rings (SSSR count). The van der Waals surface area contributed by atoms with Gasteiger partial charge in [-0.05, 0) is 113 Å². The summed E-state index contributed by atoms with van der Waals surface area (Å²) in [5.74, 6) is 2.03. The maximum Gasteiger partial charge on any atom is 0.0659 e. The molecule has 0 spiro atoms. The first-order valence-corrected chi connectivity index (χ1v) is 14.5. The third-order valence-electron chi connectivity index (χ3n) is 10.7.